The maximum absolute atomic E-state index is 12.3. The Bertz CT molecular complexity index is 879. The van der Waals surface area contributed by atoms with Crippen molar-refractivity contribution in [3.63, 3.8) is 0 Å². The molecule has 0 fully saturated rings. The van der Waals surface area contributed by atoms with Crippen LogP contribution in [0, 0.1) is 0 Å². The number of nitrogens with zero attached hydrogens (tertiary/aromatic N) is 1. The van der Waals surface area contributed by atoms with Gasteiger partial charge in [0, 0.05) is 13.1 Å². The fourth-order valence-corrected chi connectivity index (χ4v) is 4.77. The van der Waals surface area contributed by atoms with Crippen LogP contribution >= 0.6 is 22.9 Å². The third kappa shape index (κ3) is 3.48. The van der Waals surface area contributed by atoms with Crippen LogP contribution in [0.1, 0.15) is 0 Å². The van der Waals surface area contributed by atoms with Crippen molar-refractivity contribution >= 4 is 38.9 Å². The highest BCUT2D eigenvalue weighted by molar-refractivity contribution is 7.91. The van der Waals surface area contributed by atoms with E-state index < -0.39 is 22.5 Å². The van der Waals surface area contributed by atoms with Crippen LogP contribution in [0.15, 0.2) is 34.5 Å². The molecule has 0 bridgehead atoms. The van der Waals surface area contributed by atoms with Crippen molar-refractivity contribution in [3.8, 4) is 17.2 Å². The standard InChI is InChI=1S/C14H12ClNO6S2/c1-16(24(18,19)14-5-4-12(15)23-14)7-13(17)22-9-2-3-10-11(6-9)21-8-20-10/h2-6H,7-8H2,1H3. The van der Waals surface area contributed by atoms with E-state index >= 15 is 0 Å². The molecule has 0 amide bonds. The van der Waals surface area contributed by atoms with E-state index in [1.165, 1.54) is 25.2 Å². The van der Waals surface area contributed by atoms with Crippen molar-refractivity contribution in [1.29, 1.82) is 0 Å². The summed E-state index contributed by atoms with van der Waals surface area (Å²) in [5.41, 5.74) is 0. The van der Waals surface area contributed by atoms with Crippen molar-refractivity contribution in [3.05, 3.63) is 34.7 Å². The predicted octanol–water partition coefficient (Wildman–Crippen LogP) is 2.36. The van der Waals surface area contributed by atoms with Gasteiger partial charge in [0.25, 0.3) is 10.0 Å². The lowest BCUT2D eigenvalue weighted by Crippen LogP contribution is -2.33. The molecule has 1 aromatic carbocycles. The fraction of sp³-hybridized carbons (Fsp3) is 0.214. The summed E-state index contributed by atoms with van der Waals surface area (Å²) in [7, 11) is -2.50. The van der Waals surface area contributed by atoms with E-state index in [1.807, 2.05) is 0 Å². The zero-order valence-corrected chi connectivity index (χ0v) is 14.8. The Balaban J connectivity index is 1.66. The van der Waals surface area contributed by atoms with Crippen molar-refractivity contribution in [2.75, 3.05) is 20.4 Å². The van der Waals surface area contributed by atoms with Crippen LogP contribution < -0.4 is 14.2 Å². The summed E-state index contributed by atoms with van der Waals surface area (Å²) in [4.78, 5) is 12.0. The predicted molar refractivity (Wildman–Crippen MR) is 87.3 cm³/mol. The Morgan fingerprint density at radius 1 is 1.29 bits per heavy atom. The maximum atomic E-state index is 12.3. The van der Waals surface area contributed by atoms with Crippen molar-refractivity contribution < 1.29 is 27.4 Å². The second kappa shape index (κ2) is 6.60. The number of thiophene rings is 1. The first-order valence-corrected chi connectivity index (χ1v) is 9.32. The minimum Gasteiger partial charge on any atom is -0.454 e. The highest BCUT2D eigenvalue weighted by atomic mass is 35.5. The zero-order chi connectivity index (χ0) is 17.3. The van der Waals surface area contributed by atoms with Crippen LogP contribution in [0.4, 0.5) is 0 Å². The smallest absolute Gasteiger partial charge is 0.326 e. The number of rotatable bonds is 5. The first kappa shape index (κ1) is 17.0. The lowest BCUT2D eigenvalue weighted by Gasteiger charge is -2.15. The van der Waals surface area contributed by atoms with E-state index in [2.05, 4.69) is 0 Å². The molecule has 1 aliphatic rings. The molecule has 2 heterocycles. The molecular weight excluding hydrogens is 378 g/mol. The number of carbonyl (C=O) groups is 1. The summed E-state index contributed by atoms with van der Waals surface area (Å²) in [5.74, 6) is 0.551. The molecule has 1 aromatic heterocycles. The number of esters is 1. The molecule has 0 N–H and O–H groups in total. The van der Waals surface area contributed by atoms with E-state index in [-0.39, 0.29) is 16.8 Å². The van der Waals surface area contributed by atoms with Crippen LogP contribution in [-0.2, 0) is 14.8 Å². The number of carbonyl (C=O) groups excluding carboxylic acids is 1. The molecule has 0 spiro atoms. The average molecular weight is 390 g/mol. The third-order valence-corrected chi connectivity index (χ3v) is 6.64. The van der Waals surface area contributed by atoms with Gasteiger partial charge in [-0.15, -0.1) is 11.3 Å². The molecule has 128 valence electrons. The molecule has 2 aromatic rings. The number of fused-ring (bicyclic) bond motifs is 1. The van der Waals surface area contributed by atoms with E-state index in [1.54, 1.807) is 12.1 Å². The van der Waals surface area contributed by atoms with Crippen LogP contribution in [0.3, 0.4) is 0 Å². The van der Waals surface area contributed by atoms with Gasteiger partial charge in [0.15, 0.2) is 11.5 Å². The van der Waals surface area contributed by atoms with E-state index in [0.717, 1.165) is 15.6 Å². The van der Waals surface area contributed by atoms with E-state index in [9.17, 15) is 13.2 Å². The fourth-order valence-electron chi connectivity index (χ4n) is 1.96. The molecule has 0 aliphatic carbocycles. The molecular formula is C14H12ClNO6S2. The van der Waals surface area contributed by atoms with Crippen molar-refractivity contribution in [2.45, 2.75) is 4.21 Å². The summed E-state index contributed by atoms with van der Waals surface area (Å²) in [5, 5.41) is 0. The van der Waals surface area contributed by atoms with Crippen LogP contribution in [0.2, 0.25) is 4.34 Å². The van der Waals surface area contributed by atoms with Gasteiger partial charge < -0.3 is 14.2 Å². The maximum Gasteiger partial charge on any atom is 0.326 e. The van der Waals surface area contributed by atoms with E-state index in [0.29, 0.717) is 15.8 Å². The van der Waals surface area contributed by atoms with Gasteiger partial charge in [0.2, 0.25) is 6.79 Å². The summed E-state index contributed by atoms with van der Waals surface area (Å²) in [6.07, 6.45) is 0. The molecule has 7 nitrogen and oxygen atoms in total. The normalized spacial score (nSPS) is 13.3. The quantitative estimate of drug-likeness (QED) is 0.576. The number of hydrogen-bond acceptors (Lipinski definition) is 7. The van der Waals surface area contributed by atoms with Gasteiger partial charge in [0.1, 0.15) is 16.5 Å². The Hall–Kier alpha value is -1.81. The lowest BCUT2D eigenvalue weighted by molar-refractivity contribution is -0.134. The number of hydrogen-bond donors (Lipinski definition) is 0. The van der Waals surface area contributed by atoms with Crippen LogP contribution in [0.25, 0.3) is 0 Å². The first-order valence-electron chi connectivity index (χ1n) is 6.68. The van der Waals surface area contributed by atoms with Crippen LogP contribution in [0.5, 0.6) is 17.2 Å². The van der Waals surface area contributed by atoms with Gasteiger partial charge in [-0.3, -0.25) is 4.79 Å². The Morgan fingerprint density at radius 2 is 2.04 bits per heavy atom. The molecule has 10 heteroatoms. The van der Waals surface area contributed by atoms with Gasteiger partial charge in [-0.1, -0.05) is 11.6 Å². The minimum absolute atomic E-state index is 0.0610. The summed E-state index contributed by atoms with van der Waals surface area (Å²) in [6, 6.07) is 7.53. The largest absolute Gasteiger partial charge is 0.454 e. The number of halogens is 1. The van der Waals surface area contributed by atoms with Crippen molar-refractivity contribution in [2.24, 2.45) is 0 Å². The second-order valence-corrected chi connectivity index (χ2v) is 8.80. The minimum atomic E-state index is -3.79. The number of ether oxygens (including phenoxy) is 3. The van der Waals surface area contributed by atoms with Crippen LogP contribution in [-0.4, -0.2) is 39.1 Å². The number of benzene rings is 1. The van der Waals surface area contributed by atoms with Gasteiger partial charge in [-0.05, 0) is 24.3 Å². The van der Waals surface area contributed by atoms with Gasteiger partial charge in [-0.2, -0.15) is 4.31 Å². The Morgan fingerprint density at radius 3 is 2.75 bits per heavy atom. The Kier molecular flexibility index (Phi) is 4.68. The van der Waals surface area contributed by atoms with Gasteiger partial charge in [-0.25, -0.2) is 8.42 Å². The molecule has 3 rings (SSSR count). The summed E-state index contributed by atoms with van der Waals surface area (Å²) in [6.45, 7) is -0.330. The topological polar surface area (TPSA) is 82.1 Å². The Labute approximate surface area is 147 Å². The monoisotopic (exact) mass is 389 g/mol. The van der Waals surface area contributed by atoms with Crippen molar-refractivity contribution in [1.82, 2.24) is 4.31 Å². The summed E-state index contributed by atoms with van der Waals surface area (Å²) >= 11 is 6.67. The molecule has 0 radical (unpaired) electrons. The number of likely N-dealkylation sites (N-methyl/N-ethyl adjacent to an activating group) is 1. The van der Waals surface area contributed by atoms with Gasteiger partial charge in [0.05, 0.1) is 4.34 Å². The molecule has 0 unspecified atom stereocenters. The zero-order valence-electron chi connectivity index (χ0n) is 12.4. The highest BCUT2D eigenvalue weighted by Gasteiger charge is 2.25. The molecule has 1 aliphatic heterocycles. The molecule has 0 atom stereocenters. The SMILES string of the molecule is CN(CC(=O)Oc1ccc2c(c1)OCO2)S(=O)(=O)c1ccc(Cl)s1. The summed E-state index contributed by atoms with van der Waals surface area (Å²) < 4.78 is 41.4. The molecule has 0 saturated heterocycles. The lowest BCUT2D eigenvalue weighted by atomic mass is 10.3. The average Bonchev–Trinajstić information content (AvgIpc) is 3.15. The third-order valence-electron chi connectivity index (χ3n) is 3.14. The highest BCUT2D eigenvalue weighted by Crippen LogP contribution is 2.35. The van der Waals surface area contributed by atoms with Gasteiger partial charge >= 0.3 is 5.97 Å². The second-order valence-electron chi connectivity index (χ2n) is 4.81. The molecule has 24 heavy (non-hydrogen) atoms. The number of sulfonamides is 1. The first-order chi connectivity index (χ1) is 11.4. The molecule has 0 saturated carbocycles. The van der Waals surface area contributed by atoms with E-state index in [4.69, 9.17) is 25.8 Å².